The third-order valence-electron chi connectivity index (χ3n) is 3.32. The first-order valence-corrected chi connectivity index (χ1v) is 6.96. The molecule has 6 heteroatoms. The van der Waals surface area contributed by atoms with Crippen molar-refractivity contribution in [2.75, 3.05) is 11.9 Å². The van der Waals surface area contributed by atoms with Gasteiger partial charge in [-0.3, -0.25) is 4.79 Å². The monoisotopic (exact) mass is 290 g/mol. The summed E-state index contributed by atoms with van der Waals surface area (Å²) in [5.41, 5.74) is 0.786. The average molecular weight is 291 g/mol. The highest BCUT2D eigenvalue weighted by atomic mass is 35.5. The van der Waals surface area contributed by atoms with Gasteiger partial charge in [-0.25, -0.2) is 4.68 Å². The number of halogens is 1. The van der Waals surface area contributed by atoms with Crippen LogP contribution >= 0.6 is 11.6 Å². The van der Waals surface area contributed by atoms with E-state index in [0.29, 0.717) is 10.8 Å². The Labute approximate surface area is 121 Å². The van der Waals surface area contributed by atoms with Crippen molar-refractivity contribution in [3.63, 3.8) is 0 Å². The molecular weight excluding hydrogens is 276 g/mol. The van der Waals surface area contributed by atoms with Crippen molar-refractivity contribution in [2.45, 2.75) is 18.9 Å². The number of amides is 1. The molecule has 1 unspecified atom stereocenters. The van der Waals surface area contributed by atoms with Gasteiger partial charge in [0.05, 0.1) is 16.8 Å². The van der Waals surface area contributed by atoms with Crippen LogP contribution in [0.3, 0.4) is 0 Å². The number of nitrogens with one attached hydrogen (secondary N) is 2. The van der Waals surface area contributed by atoms with Gasteiger partial charge in [-0.05, 0) is 31.5 Å². The molecular formula is C14H15ClN4O. The Morgan fingerprint density at radius 3 is 3.00 bits per heavy atom. The normalized spacial score (nSPS) is 18.1. The number of para-hydroxylation sites is 1. The maximum atomic E-state index is 12.0. The van der Waals surface area contributed by atoms with Crippen molar-refractivity contribution in [1.82, 2.24) is 15.1 Å². The first kappa shape index (κ1) is 13.1. The number of carbonyl (C=O) groups is 1. The van der Waals surface area contributed by atoms with Gasteiger partial charge in [-0.2, -0.15) is 5.10 Å². The van der Waals surface area contributed by atoms with Crippen molar-refractivity contribution in [3.05, 3.63) is 41.6 Å². The zero-order valence-electron chi connectivity index (χ0n) is 10.8. The summed E-state index contributed by atoms with van der Waals surface area (Å²) in [6.45, 7) is 0.895. The van der Waals surface area contributed by atoms with E-state index in [1.807, 2.05) is 18.2 Å². The Kier molecular flexibility index (Phi) is 3.71. The highest BCUT2D eigenvalue weighted by Gasteiger charge is 2.22. The van der Waals surface area contributed by atoms with E-state index in [-0.39, 0.29) is 11.9 Å². The zero-order chi connectivity index (χ0) is 13.9. The van der Waals surface area contributed by atoms with Crippen molar-refractivity contribution >= 4 is 23.3 Å². The predicted octanol–water partition coefficient (Wildman–Crippen LogP) is 2.22. The van der Waals surface area contributed by atoms with Crippen LogP contribution in [0.4, 0.5) is 5.82 Å². The Balaban J connectivity index is 1.74. The van der Waals surface area contributed by atoms with Gasteiger partial charge in [0.2, 0.25) is 5.91 Å². The van der Waals surface area contributed by atoms with E-state index in [9.17, 15) is 4.79 Å². The fourth-order valence-corrected chi connectivity index (χ4v) is 2.51. The van der Waals surface area contributed by atoms with Gasteiger partial charge < -0.3 is 10.6 Å². The lowest BCUT2D eigenvalue weighted by Gasteiger charge is -2.09. The number of nitrogens with zero attached hydrogens (tertiary/aromatic N) is 2. The van der Waals surface area contributed by atoms with E-state index in [4.69, 9.17) is 11.6 Å². The second-order valence-corrected chi connectivity index (χ2v) is 5.14. The van der Waals surface area contributed by atoms with E-state index in [1.165, 1.54) is 0 Å². The molecule has 20 heavy (non-hydrogen) atoms. The number of hydrogen-bond donors (Lipinski definition) is 2. The maximum absolute atomic E-state index is 12.0. The number of rotatable bonds is 3. The summed E-state index contributed by atoms with van der Waals surface area (Å²) in [7, 11) is 0. The molecule has 5 nitrogen and oxygen atoms in total. The summed E-state index contributed by atoms with van der Waals surface area (Å²) < 4.78 is 1.65. The molecule has 1 amide bonds. The van der Waals surface area contributed by atoms with Crippen LogP contribution in [0, 0.1) is 0 Å². The van der Waals surface area contributed by atoms with E-state index >= 15 is 0 Å². The summed E-state index contributed by atoms with van der Waals surface area (Å²) in [6.07, 6.45) is 3.68. The molecule has 1 aliphatic heterocycles. The van der Waals surface area contributed by atoms with Crippen LogP contribution in [0.2, 0.25) is 5.02 Å². The molecule has 1 aromatic carbocycles. The van der Waals surface area contributed by atoms with Crippen LogP contribution in [0.5, 0.6) is 0 Å². The number of hydrogen-bond acceptors (Lipinski definition) is 3. The van der Waals surface area contributed by atoms with Crippen molar-refractivity contribution < 1.29 is 4.79 Å². The Morgan fingerprint density at radius 1 is 1.40 bits per heavy atom. The van der Waals surface area contributed by atoms with E-state index in [2.05, 4.69) is 15.7 Å². The lowest BCUT2D eigenvalue weighted by molar-refractivity contribution is -0.117. The van der Waals surface area contributed by atoms with E-state index in [1.54, 1.807) is 23.0 Å². The first-order chi connectivity index (χ1) is 9.74. The minimum Gasteiger partial charge on any atom is -0.308 e. The molecule has 0 radical (unpaired) electrons. The molecule has 1 fully saturated rings. The van der Waals surface area contributed by atoms with Crippen LogP contribution in [0.1, 0.15) is 12.8 Å². The molecule has 2 N–H and O–H groups in total. The highest BCUT2D eigenvalue weighted by molar-refractivity contribution is 6.32. The summed E-state index contributed by atoms with van der Waals surface area (Å²) in [5, 5.41) is 10.9. The second kappa shape index (κ2) is 5.64. The minimum absolute atomic E-state index is 0.0353. The standard InChI is InChI=1S/C14H15ClN4O/c15-10-4-1-2-6-12(10)19-9-7-13(18-19)17-14(20)11-5-3-8-16-11/h1-2,4,6-7,9,11,16H,3,5,8H2,(H,17,18,20). The molecule has 1 atom stereocenters. The largest absolute Gasteiger partial charge is 0.308 e. The third-order valence-corrected chi connectivity index (χ3v) is 3.64. The number of benzene rings is 1. The molecule has 2 aromatic rings. The fourth-order valence-electron chi connectivity index (χ4n) is 2.28. The molecule has 1 aromatic heterocycles. The summed E-state index contributed by atoms with van der Waals surface area (Å²) >= 11 is 6.12. The lowest BCUT2D eigenvalue weighted by Crippen LogP contribution is -2.35. The average Bonchev–Trinajstić information content (AvgIpc) is 3.10. The van der Waals surface area contributed by atoms with Crippen molar-refractivity contribution in [1.29, 1.82) is 0 Å². The third kappa shape index (κ3) is 2.69. The smallest absolute Gasteiger partial charge is 0.242 e. The summed E-state index contributed by atoms with van der Waals surface area (Å²) in [6, 6.07) is 9.09. The van der Waals surface area contributed by atoms with Gasteiger partial charge in [0, 0.05) is 12.3 Å². The fraction of sp³-hybridized carbons (Fsp3) is 0.286. The quantitative estimate of drug-likeness (QED) is 0.911. The van der Waals surface area contributed by atoms with Crippen LogP contribution in [-0.2, 0) is 4.79 Å². The van der Waals surface area contributed by atoms with Gasteiger partial charge in [-0.15, -0.1) is 0 Å². The van der Waals surface area contributed by atoms with Crippen LogP contribution in [-0.4, -0.2) is 28.3 Å². The molecule has 0 aliphatic carbocycles. The number of carbonyl (C=O) groups excluding carboxylic acids is 1. The Morgan fingerprint density at radius 2 is 2.25 bits per heavy atom. The SMILES string of the molecule is O=C(Nc1ccn(-c2ccccc2Cl)n1)C1CCCN1. The molecule has 0 saturated carbocycles. The maximum Gasteiger partial charge on any atom is 0.242 e. The molecule has 0 spiro atoms. The van der Waals surface area contributed by atoms with Gasteiger partial charge in [-0.1, -0.05) is 23.7 Å². The van der Waals surface area contributed by atoms with Crippen LogP contribution < -0.4 is 10.6 Å². The van der Waals surface area contributed by atoms with Crippen molar-refractivity contribution in [2.24, 2.45) is 0 Å². The van der Waals surface area contributed by atoms with Crippen molar-refractivity contribution in [3.8, 4) is 5.69 Å². The van der Waals surface area contributed by atoms with Gasteiger partial charge in [0.1, 0.15) is 0 Å². The molecule has 104 valence electrons. The van der Waals surface area contributed by atoms with E-state index < -0.39 is 0 Å². The predicted molar refractivity (Wildman–Crippen MR) is 78.2 cm³/mol. The van der Waals surface area contributed by atoms with Crippen LogP contribution in [0.25, 0.3) is 5.69 Å². The Hall–Kier alpha value is -1.85. The Bertz CT molecular complexity index is 619. The van der Waals surface area contributed by atoms with Gasteiger partial charge in [0.15, 0.2) is 5.82 Å². The lowest BCUT2D eigenvalue weighted by atomic mass is 10.2. The summed E-state index contributed by atoms with van der Waals surface area (Å²) in [4.78, 5) is 12.0. The molecule has 0 bridgehead atoms. The first-order valence-electron chi connectivity index (χ1n) is 6.59. The van der Waals surface area contributed by atoms with Gasteiger partial charge in [0.25, 0.3) is 0 Å². The molecule has 2 heterocycles. The topological polar surface area (TPSA) is 59.0 Å². The summed E-state index contributed by atoms with van der Waals surface area (Å²) in [5.74, 6) is 0.496. The van der Waals surface area contributed by atoms with Gasteiger partial charge >= 0.3 is 0 Å². The second-order valence-electron chi connectivity index (χ2n) is 4.74. The highest BCUT2D eigenvalue weighted by Crippen LogP contribution is 2.20. The minimum atomic E-state index is -0.111. The number of anilines is 1. The van der Waals surface area contributed by atoms with Crippen LogP contribution in [0.15, 0.2) is 36.5 Å². The molecule has 3 rings (SSSR count). The molecule has 1 aliphatic rings. The number of aromatic nitrogens is 2. The zero-order valence-corrected chi connectivity index (χ0v) is 11.6. The van der Waals surface area contributed by atoms with E-state index in [0.717, 1.165) is 25.1 Å². The molecule has 1 saturated heterocycles.